The maximum absolute atomic E-state index is 11.5. The van der Waals surface area contributed by atoms with Gasteiger partial charge in [-0.1, -0.05) is 11.8 Å². The average Bonchev–Trinajstić information content (AvgIpc) is 2.57. The highest BCUT2D eigenvalue weighted by atomic mass is 32.2. The number of hydrogen-bond acceptors (Lipinski definition) is 6. The fourth-order valence-electron chi connectivity index (χ4n) is 1.45. The standard InChI is InChI=1S/C9H10N4O2S/c1-16-9-11-6(10)3-7(12-9)13-4-5(14)2-8(13)15/h3H,2,4H2,1H3,(H2,10,11,12). The van der Waals surface area contributed by atoms with E-state index in [9.17, 15) is 9.59 Å². The molecule has 1 fully saturated rings. The Hall–Kier alpha value is -1.63. The number of carbonyl (C=O) groups is 2. The summed E-state index contributed by atoms with van der Waals surface area (Å²) in [7, 11) is 0. The molecule has 1 aromatic heterocycles. The van der Waals surface area contributed by atoms with E-state index in [0.29, 0.717) is 16.8 Å². The molecule has 0 radical (unpaired) electrons. The van der Waals surface area contributed by atoms with Gasteiger partial charge in [0.2, 0.25) is 5.91 Å². The zero-order chi connectivity index (χ0) is 11.7. The minimum absolute atomic E-state index is 0.0570. The Bertz CT molecular complexity index is 463. The summed E-state index contributed by atoms with van der Waals surface area (Å²) < 4.78 is 0. The smallest absolute Gasteiger partial charge is 0.236 e. The fraction of sp³-hybridized carbons (Fsp3) is 0.333. The van der Waals surface area contributed by atoms with Crippen LogP contribution in [-0.4, -0.2) is 34.5 Å². The molecule has 0 unspecified atom stereocenters. The highest BCUT2D eigenvalue weighted by Crippen LogP contribution is 2.21. The third-order valence-corrected chi connectivity index (χ3v) is 2.70. The Morgan fingerprint density at radius 3 is 2.75 bits per heavy atom. The second-order valence-corrected chi connectivity index (χ2v) is 4.11. The van der Waals surface area contributed by atoms with E-state index in [1.165, 1.54) is 22.7 Å². The van der Waals surface area contributed by atoms with Crippen molar-refractivity contribution in [2.24, 2.45) is 0 Å². The first-order chi connectivity index (χ1) is 7.60. The second-order valence-electron chi connectivity index (χ2n) is 3.33. The summed E-state index contributed by atoms with van der Waals surface area (Å²) in [5.74, 6) is 0.345. The van der Waals surface area contributed by atoms with Crippen molar-refractivity contribution in [2.45, 2.75) is 11.6 Å². The molecule has 2 rings (SSSR count). The zero-order valence-corrected chi connectivity index (χ0v) is 9.45. The fourth-order valence-corrected chi connectivity index (χ4v) is 1.83. The monoisotopic (exact) mass is 238 g/mol. The molecule has 6 nitrogen and oxygen atoms in total. The molecule has 0 aliphatic carbocycles. The summed E-state index contributed by atoms with van der Waals surface area (Å²) in [6.45, 7) is 0.0725. The quantitative estimate of drug-likeness (QED) is 0.446. The Balaban J connectivity index is 2.36. The molecule has 84 valence electrons. The zero-order valence-electron chi connectivity index (χ0n) is 8.64. The van der Waals surface area contributed by atoms with Gasteiger partial charge in [0, 0.05) is 6.07 Å². The number of nitrogen functional groups attached to an aromatic ring is 1. The summed E-state index contributed by atoms with van der Waals surface area (Å²) in [4.78, 5) is 32.1. The van der Waals surface area contributed by atoms with Gasteiger partial charge in [0.25, 0.3) is 0 Å². The van der Waals surface area contributed by atoms with Crippen molar-refractivity contribution in [1.29, 1.82) is 0 Å². The lowest BCUT2D eigenvalue weighted by molar-refractivity contribution is -0.121. The molecular weight excluding hydrogens is 228 g/mol. The van der Waals surface area contributed by atoms with Crippen molar-refractivity contribution in [3.63, 3.8) is 0 Å². The Kier molecular flexibility index (Phi) is 2.78. The number of ketones is 1. The van der Waals surface area contributed by atoms with Crippen molar-refractivity contribution in [3.8, 4) is 0 Å². The molecule has 2 heterocycles. The van der Waals surface area contributed by atoms with Crippen LogP contribution in [0, 0.1) is 0 Å². The van der Waals surface area contributed by atoms with Gasteiger partial charge in [-0.25, -0.2) is 9.97 Å². The van der Waals surface area contributed by atoms with Crippen LogP contribution in [0.25, 0.3) is 0 Å². The van der Waals surface area contributed by atoms with Crippen molar-refractivity contribution >= 4 is 35.1 Å². The Labute approximate surface area is 96.2 Å². The van der Waals surface area contributed by atoms with Crippen molar-refractivity contribution in [2.75, 3.05) is 23.4 Å². The van der Waals surface area contributed by atoms with Gasteiger partial charge in [-0.2, -0.15) is 0 Å². The van der Waals surface area contributed by atoms with Crippen molar-refractivity contribution < 1.29 is 9.59 Å². The van der Waals surface area contributed by atoms with Crippen LogP contribution >= 0.6 is 11.8 Å². The van der Waals surface area contributed by atoms with Gasteiger partial charge in [0.1, 0.15) is 11.6 Å². The molecule has 0 bridgehead atoms. The van der Waals surface area contributed by atoms with Gasteiger partial charge < -0.3 is 5.73 Å². The van der Waals surface area contributed by atoms with Crippen LogP contribution < -0.4 is 10.6 Å². The molecular formula is C9H10N4O2S. The third-order valence-electron chi connectivity index (χ3n) is 2.15. The van der Waals surface area contributed by atoms with Gasteiger partial charge >= 0.3 is 0 Å². The summed E-state index contributed by atoms with van der Waals surface area (Å²) in [5.41, 5.74) is 5.60. The predicted octanol–water partition coefficient (Wildman–Crippen LogP) is 0.0865. The van der Waals surface area contributed by atoms with Gasteiger partial charge in [-0.3, -0.25) is 14.5 Å². The molecule has 7 heteroatoms. The van der Waals surface area contributed by atoms with Crippen LogP contribution in [0.2, 0.25) is 0 Å². The highest BCUT2D eigenvalue weighted by Gasteiger charge is 2.29. The van der Waals surface area contributed by atoms with E-state index >= 15 is 0 Å². The SMILES string of the molecule is CSc1nc(N)cc(N2CC(=O)CC2=O)n1. The topological polar surface area (TPSA) is 89.2 Å². The summed E-state index contributed by atoms with van der Waals surface area (Å²) >= 11 is 1.33. The first kappa shape index (κ1) is 10.9. The first-order valence-corrected chi connectivity index (χ1v) is 5.83. The number of nitrogens with two attached hydrogens (primary N) is 1. The van der Waals surface area contributed by atoms with Crippen LogP contribution in [-0.2, 0) is 9.59 Å². The van der Waals surface area contributed by atoms with E-state index in [-0.39, 0.29) is 24.7 Å². The maximum Gasteiger partial charge on any atom is 0.236 e. The van der Waals surface area contributed by atoms with Gasteiger partial charge in [0.05, 0.1) is 13.0 Å². The van der Waals surface area contributed by atoms with Gasteiger partial charge in [-0.05, 0) is 6.26 Å². The minimum Gasteiger partial charge on any atom is -0.383 e. The molecule has 1 aliphatic rings. The molecule has 16 heavy (non-hydrogen) atoms. The molecule has 1 amide bonds. The van der Waals surface area contributed by atoms with E-state index < -0.39 is 0 Å². The van der Waals surface area contributed by atoms with E-state index in [2.05, 4.69) is 9.97 Å². The van der Waals surface area contributed by atoms with Gasteiger partial charge in [-0.15, -0.1) is 0 Å². The number of amides is 1. The van der Waals surface area contributed by atoms with Crippen LogP contribution in [0.5, 0.6) is 0 Å². The molecule has 0 aromatic carbocycles. The molecule has 1 aliphatic heterocycles. The van der Waals surface area contributed by atoms with E-state index in [1.54, 1.807) is 0 Å². The number of hydrogen-bond donors (Lipinski definition) is 1. The lowest BCUT2D eigenvalue weighted by atomic mass is 10.3. The molecule has 1 aromatic rings. The van der Waals surface area contributed by atoms with E-state index in [0.717, 1.165) is 0 Å². The number of anilines is 2. The number of thioether (sulfide) groups is 1. The van der Waals surface area contributed by atoms with Crippen molar-refractivity contribution in [1.82, 2.24) is 9.97 Å². The predicted molar refractivity (Wildman–Crippen MR) is 60.2 cm³/mol. The lowest BCUT2D eigenvalue weighted by Gasteiger charge is -2.14. The normalized spacial score (nSPS) is 15.9. The summed E-state index contributed by atoms with van der Waals surface area (Å²) in [5, 5.41) is 0.488. The number of rotatable bonds is 2. The molecule has 0 spiro atoms. The Morgan fingerprint density at radius 1 is 1.44 bits per heavy atom. The molecule has 0 atom stereocenters. The number of nitrogens with zero attached hydrogens (tertiary/aromatic N) is 3. The number of carbonyl (C=O) groups excluding carboxylic acids is 2. The average molecular weight is 238 g/mol. The third kappa shape index (κ3) is 1.99. The van der Waals surface area contributed by atoms with Crippen LogP contribution in [0.4, 0.5) is 11.6 Å². The highest BCUT2D eigenvalue weighted by molar-refractivity contribution is 7.98. The van der Waals surface area contributed by atoms with E-state index in [1.807, 2.05) is 6.26 Å². The molecule has 2 N–H and O–H groups in total. The largest absolute Gasteiger partial charge is 0.383 e. The van der Waals surface area contributed by atoms with E-state index in [4.69, 9.17) is 5.73 Å². The number of aromatic nitrogens is 2. The van der Waals surface area contributed by atoms with Gasteiger partial charge in [0.15, 0.2) is 10.9 Å². The number of Topliss-reactive ketones (excluding diaryl/α,β-unsaturated/α-hetero) is 1. The van der Waals surface area contributed by atoms with Crippen molar-refractivity contribution in [3.05, 3.63) is 6.07 Å². The lowest BCUT2D eigenvalue weighted by Crippen LogP contribution is -2.26. The first-order valence-electron chi connectivity index (χ1n) is 4.61. The minimum atomic E-state index is -0.241. The summed E-state index contributed by atoms with van der Waals surface area (Å²) in [6.07, 6.45) is 1.76. The van der Waals surface area contributed by atoms with Crippen LogP contribution in [0.1, 0.15) is 6.42 Å². The van der Waals surface area contributed by atoms with Crippen LogP contribution in [0.3, 0.4) is 0 Å². The molecule has 0 saturated carbocycles. The summed E-state index contributed by atoms with van der Waals surface area (Å²) in [6, 6.07) is 1.50. The Morgan fingerprint density at radius 2 is 2.19 bits per heavy atom. The van der Waals surface area contributed by atoms with Crippen LogP contribution in [0.15, 0.2) is 11.2 Å². The molecule has 1 saturated heterocycles. The second kappa shape index (κ2) is 4.09. The maximum atomic E-state index is 11.5.